The molecule has 0 N–H and O–H groups in total. The van der Waals surface area contributed by atoms with E-state index in [0.717, 1.165) is 18.4 Å². The number of carbonyl (C=O) groups is 1. The van der Waals surface area contributed by atoms with Crippen LogP contribution >= 0.6 is 11.6 Å². The SMILES string of the molecule is O=C(c1ccc(Cl)cc1)N(Cc1cc(-c2ccc(F)cc2)on1)C1CC1. The Labute approximate surface area is 155 Å². The molecule has 1 aromatic heterocycles. The van der Waals surface area contributed by atoms with Crippen LogP contribution in [0.5, 0.6) is 0 Å². The molecule has 1 heterocycles. The van der Waals surface area contributed by atoms with Gasteiger partial charge in [0.2, 0.25) is 0 Å². The van der Waals surface area contributed by atoms with Gasteiger partial charge in [-0.25, -0.2) is 4.39 Å². The fourth-order valence-corrected chi connectivity index (χ4v) is 2.95. The lowest BCUT2D eigenvalue weighted by Gasteiger charge is -2.21. The zero-order valence-corrected chi connectivity index (χ0v) is 14.6. The summed E-state index contributed by atoms with van der Waals surface area (Å²) in [5.41, 5.74) is 2.01. The Bertz CT molecular complexity index is 918. The maximum atomic E-state index is 13.1. The summed E-state index contributed by atoms with van der Waals surface area (Å²) in [6.45, 7) is 0.372. The first-order valence-corrected chi connectivity index (χ1v) is 8.76. The molecule has 0 atom stereocenters. The van der Waals surface area contributed by atoms with Gasteiger partial charge in [0, 0.05) is 28.3 Å². The third kappa shape index (κ3) is 3.63. The molecule has 0 radical (unpaired) electrons. The van der Waals surface area contributed by atoms with Gasteiger partial charge in [-0.3, -0.25) is 4.79 Å². The van der Waals surface area contributed by atoms with Gasteiger partial charge in [0.05, 0.1) is 6.54 Å². The highest BCUT2D eigenvalue weighted by atomic mass is 35.5. The number of aromatic nitrogens is 1. The van der Waals surface area contributed by atoms with E-state index in [1.54, 1.807) is 42.5 Å². The minimum Gasteiger partial charge on any atom is -0.356 e. The van der Waals surface area contributed by atoms with Crippen LogP contribution in [0.1, 0.15) is 28.9 Å². The Kier molecular flexibility index (Phi) is 4.47. The van der Waals surface area contributed by atoms with Crippen molar-refractivity contribution >= 4 is 17.5 Å². The van der Waals surface area contributed by atoms with Gasteiger partial charge in [0.25, 0.3) is 5.91 Å². The quantitative estimate of drug-likeness (QED) is 0.639. The Morgan fingerprint density at radius 3 is 2.50 bits per heavy atom. The number of amides is 1. The van der Waals surface area contributed by atoms with E-state index in [-0.39, 0.29) is 17.8 Å². The van der Waals surface area contributed by atoms with Gasteiger partial charge in [-0.05, 0) is 61.4 Å². The van der Waals surface area contributed by atoms with Crippen molar-refractivity contribution in [2.45, 2.75) is 25.4 Å². The number of carbonyl (C=O) groups excluding carboxylic acids is 1. The topological polar surface area (TPSA) is 46.3 Å². The Hall–Kier alpha value is -2.66. The summed E-state index contributed by atoms with van der Waals surface area (Å²) in [4.78, 5) is 14.7. The minimum absolute atomic E-state index is 0.0458. The monoisotopic (exact) mass is 370 g/mol. The molecule has 4 nitrogen and oxygen atoms in total. The Balaban J connectivity index is 1.53. The first-order chi connectivity index (χ1) is 12.6. The van der Waals surface area contributed by atoms with Crippen molar-refractivity contribution in [1.82, 2.24) is 10.1 Å². The fourth-order valence-electron chi connectivity index (χ4n) is 2.82. The van der Waals surface area contributed by atoms with Crippen LogP contribution in [0.3, 0.4) is 0 Å². The number of rotatable bonds is 5. The standard InChI is InChI=1S/C20H16ClFN2O2/c21-15-5-1-14(2-6-15)20(25)24(18-9-10-18)12-17-11-19(26-23-17)13-3-7-16(22)8-4-13/h1-8,11,18H,9-10,12H2. The van der Waals surface area contributed by atoms with Crippen LogP contribution in [0.4, 0.5) is 4.39 Å². The first kappa shape index (κ1) is 16.8. The van der Waals surface area contributed by atoms with E-state index < -0.39 is 0 Å². The minimum atomic E-state index is -0.304. The van der Waals surface area contributed by atoms with Gasteiger partial charge in [-0.1, -0.05) is 16.8 Å². The second kappa shape index (κ2) is 6.92. The summed E-state index contributed by atoms with van der Waals surface area (Å²) >= 11 is 5.90. The van der Waals surface area contributed by atoms with Crippen molar-refractivity contribution < 1.29 is 13.7 Å². The van der Waals surface area contributed by atoms with E-state index in [2.05, 4.69) is 5.16 Å². The number of nitrogens with zero attached hydrogens (tertiary/aromatic N) is 2. The zero-order chi connectivity index (χ0) is 18.1. The molecule has 26 heavy (non-hydrogen) atoms. The summed E-state index contributed by atoms with van der Waals surface area (Å²) in [5.74, 6) is 0.201. The van der Waals surface area contributed by atoms with Crippen LogP contribution in [-0.4, -0.2) is 22.0 Å². The van der Waals surface area contributed by atoms with Gasteiger partial charge < -0.3 is 9.42 Å². The molecule has 2 aromatic carbocycles. The zero-order valence-electron chi connectivity index (χ0n) is 13.9. The summed E-state index contributed by atoms with van der Waals surface area (Å²) in [7, 11) is 0. The molecule has 1 aliphatic carbocycles. The lowest BCUT2D eigenvalue weighted by molar-refractivity contribution is 0.0726. The predicted molar refractivity (Wildman–Crippen MR) is 96.2 cm³/mol. The third-order valence-corrected chi connectivity index (χ3v) is 4.61. The fraction of sp³-hybridized carbons (Fsp3) is 0.200. The molecule has 1 aliphatic rings. The van der Waals surface area contributed by atoms with Crippen molar-refractivity contribution in [2.24, 2.45) is 0 Å². The summed E-state index contributed by atoms with van der Waals surface area (Å²) in [5, 5.41) is 4.67. The second-order valence-corrected chi connectivity index (χ2v) is 6.80. The van der Waals surface area contributed by atoms with Crippen molar-refractivity contribution in [2.75, 3.05) is 0 Å². The normalized spacial score (nSPS) is 13.6. The van der Waals surface area contributed by atoms with Gasteiger partial charge in [-0.15, -0.1) is 0 Å². The molecule has 0 spiro atoms. The van der Waals surface area contributed by atoms with E-state index in [4.69, 9.17) is 16.1 Å². The van der Waals surface area contributed by atoms with Crippen LogP contribution in [0, 0.1) is 5.82 Å². The highest BCUT2D eigenvalue weighted by molar-refractivity contribution is 6.30. The maximum absolute atomic E-state index is 13.1. The highest BCUT2D eigenvalue weighted by Gasteiger charge is 2.33. The Morgan fingerprint density at radius 1 is 1.15 bits per heavy atom. The molecule has 1 amide bonds. The first-order valence-electron chi connectivity index (χ1n) is 8.38. The molecule has 3 aromatic rings. The van der Waals surface area contributed by atoms with Gasteiger partial charge in [0.15, 0.2) is 5.76 Å². The summed E-state index contributed by atoms with van der Waals surface area (Å²) in [6, 6.07) is 14.9. The third-order valence-electron chi connectivity index (χ3n) is 4.36. The smallest absolute Gasteiger partial charge is 0.254 e. The molecule has 0 aliphatic heterocycles. The Morgan fingerprint density at radius 2 is 1.85 bits per heavy atom. The lowest BCUT2D eigenvalue weighted by atomic mass is 10.1. The van der Waals surface area contributed by atoms with Crippen LogP contribution < -0.4 is 0 Å². The number of benzene rings is 2. The van der Waals surface area contributed by atoms with Crippen LogP contribution in [0.15, 0.2) is 59.1 Å². The highest BCUT2D eigenvalue weighted by Crippen LogP contribution is 2.30. The van der Waals surface area contributed by atoms with E-state index in [1.807, 2.05) is 4.90 Å². The number of halogens is 2. The second-order valence-electron chi connectivity index (χ2n) is 6.36. The molecule has 1 fully saturated rings. The van der Waals surface area contributed by atoms with Crippen LogP contribution in [0.25, 0.3) is 11.3 Å². The van der Waals surface area contributed by atoms with E-state index in [0.29, 0.717) is 28.6 Å². The van der Waals surface area contributed by atoms with Crippen molar-refractivity contribution in [3.63, 3.8) is 0 Å². The van der Waals surface area contributed by atoms with E-state index >= 15 is 0 Å². The van der Waals surface area contributed by atoms with E-state index in [9.17, 15) is 9.18 Å². The molecule has 0 unspecified atom stereocenters. The molecular formula is C20H16ClFN2O2. The van der Waals surface area contributed by atoms with Crippen LogP contribution in [0.2, 0.25) is 5.02 Å². The van der Waals surface area contributed by atoms with E-state index in [1.165, 1.54) is 12.1 Å². The van der Waals surface area contributed by atoms with Crippen molar-refractivity contribution in [1.29, 1.82) is 0 Å². The molecular weight excluding hydrogens is 355 g/mol. The average molecular weight is 371 g/mol. The largest absolute Gasteiger partial charge is 0.356 e. The molecule has 6 heteroatoms. The molecule has 4 rings (SSSR count). The number of hydrogen-bond acceptors (Lipinski definition) is 3. The molecule has 0 saturated heterocycles. The molecule has 132 valence electrons. The van der Waals surface area contributed by atoms with Gasteiger partial charge in [-0.2, -0.15) is 0 Å². The number of hydrogen-bond donors (Lipinski definition) is 0. The summed E-state index contributed by atoms with van der Waals surface area (Å²) < 4.78 is 18.4. The van der Waals surface area contributed by atoms with Crippen LogP contribution in [-0.2, 0) is 6.54 Å². The predicted octanol–water partition coefficient (Wildman–Crippen LogP) is 4.94. The van der Waals surface area contributed by atoms with Gasteiger partial charge >= 0.3 is 0 Å². The van der Waals surface area contributed by atoms with Crippen molar-refractivity contribution in [3.8, 4) is 11.3 Å². The lowest BCUT2D eigenvalue weighted by Crippen LogP contribution is -2.32. The molecule has 0 bridgehead atoms. The average Bonchev–Trinajstić information content (AvgIpc) is 3.38. The van der Waals surface area contributed by atoms with Gasteiger partial charge in [0.1, 0.15) is 11.5 Å². The maximum Gasteiger partial charge on any atom is 0.254 e. The van der Waals surface area contributed by atoms with Crippen molar-refractivity contribution in [3.05, 3.63) is 76.7 Å². The molecule has 1 saturated carbocycles. The summed E-state index contributed by atoms with van der Waals surface area (Å²) in [6.07, 6.45) is 1.98.